The van der Waals surface area contributed by atoms with Crippen molar-refractivity contribution in [3.05, 3.63) is 23.5 Å². The van der Waals surface area contributed by atoms with Gasteiger partial charge in [0.2, 0.25) is 0 Å². The lowest BCUT2D eigenvalue weighted by Gasteiger charge is -2.36. The van der Waals surface area contributed by atoms with Crippen molar-refractivity contribution in [3.8, 4) is 11.5 Å². The summed E-state index contributed by atoms with van der Waals surface area (Å²) in [6.45, 7) is 6.05. The molecule has 0 spiro atoms. The van der Waals surface area contributed by atoms with Gasteiger partial charge in [0.05, 0.1) is 32.8 Å². The Labute approximate surface area is 142 Å². The zero-order valence-corrected chi connectivity index (χ0v) is 14.8. The van der Waals surface area contributed by atoms with E-state index >= 15 is 0 Å². The highest BCUT2D eigenvalue weighted by Gasteiger charge is 2.33. The van der Waals surface area contributed by atoms with Gasteiger partial charge in [0.25, 0.3) is 0 Å². The van der Waals surface area contributed by atoms with E-state index in [0.717, 1.165) is 19.0 Å². The van der Waals surface area contributed by atoms with E-state index in [1.54, 1.807) is 13.2 Å². The Morgan fingerprint density at radius 1 is 1.25 bits per heavy atom. The number of ether oxygens (including phenoxy) is 2. The van der Waals surface area contributed by atoms with Crippen LogP contribution < -0.4 is 14.8 Å². The topological polar surface area (TPSA) is 46.1 Å². The molecule has 132 valence electrons. The summed E-state index contributed by atoms with van der Waals surface area (Å²) in [5.41, 5.74) is 0.545. The highest BCUT2D eigenvalue weighted by atomic mass is 19.1. The number of hydrogen-bond acceptors (Lipinski definition) is 5. The lowest BCUT2D eigenvalue weighted by molar-refractivity contribution is 0.210. The van der Waals surface area contributed by atoms with Gasteiger partial charge in [-0.25, -0.2) is 4.39 Å². The summed E-state index contributed by atoms with van der Waals surface area (Å²) in [5.74, 6) is 2.16. The van der Waals surface area contributed by atoms with Crippen LogP contribution in [-0.4, -0.2) is 44.2 Å². The van der Waals surface area contributed by atoms with Crippen LogP contribution >= 0.6 is 0 Å². The molecule has 0 saturated carbocycles. The fourth-order valence-corrected chi connectivity index (χ4v) is 3.54. The van der Waals surface area contributed by atoms with Crippen LogP contribution in [-0.2, 0) is 0 Å². The van der Waals surface area contributed by atoms with Crippen LogP contribution in [0.4, 0.5) is 4.39 Å². The number of nitrogens with one attached hydrogen (secondary N) is 1. The number of halogens is 1. The molecule has 1 saturated heterocycles. The van der Waals surface area contributed by atoms with E-state index in [2.05, 4.69) is 22.1 Å². The molecule has 3 unspecified atom stereocenters. The normalized spacial score (nSPS) is 24.2. The van der Waals surface area contributed by atoms with Gasteiger partial charge in [0, 0.05) is 18.2 Å². The maximum absolute atomic E-state index is 14.4. The Balaban J connectivity index is 1.76. The number of methoxy groups -OCH3 is 2. The first-order valence-corrected chi connectivity index (χ1v) is 8.52. The van der Waals surface area contributed by atoms with E-state index in [9.17, 15) is 4.39 Å². The van der Waals surface area contributed by atoms with Crippen molar-refractivity contribution in [1.29, 1.82) is 0 Å². The second kappa shape index (κ2) is 6.87. The monoisotopic (exact) mass is 335 g/mol. The molecule has 2 aliphatic rings. The van der Waals surface area contributed by atoms with Crippen molar-refractivity contribution < 1.29 is 13.9 Å². The van der Waals surface area contributed by atoms with Crippen molar-refractivity contribution in [3.63, 3.8) is 0 Å². The number of piperidine rings is 1. The first kappa shape index (κ1) is 16.9. The highest BCUT2D eigenvalue weighted by molar-refractivity contribution is 5.82. The van der Waals surface area contributed by atoms with Crippen LogP contribution in [0.1, 0.15) is 38.3 Å². The summed E-state index contributed by atoms with van der Waals surface area (Å²) >= 11 is 0. The van der Waals surface area contributed by atoms with Gasteiger partial charge in [-0.1, -0.05) is 6.92 Å². The van der Waals surface area contributed by atoms with Crippen LogP contribution in [0.15, 0.2) is 17.1 Å². The van der Waals surface area contributed by atoms with Crippen LogP contribution in [0.25, 0.3) is 0 Å². The summed E-state index contributed by atoms with van der Waals surface area (Å²) in [6, 6.07) is 3.34. The first-order valence-electron chi connectivity index (χ1n) is 8.52. The molecule has 1 N–H and O–H groups in total. The maximum atomic E-state index is 14.4. The lowest BCUT2D eigenvalue weighted by Crippen LogP contribution is -2.48. The Morgan fingerprint density at radius 2 is 1.96 bits per heavy atom. The van der Waals surface area contributed by atoms with E-state index in [4.69, 9.17) is 9.47 Å². The molecular weight excluding hydrogens is 309 g/mol. The van der Waals surface area contributed by atoms with Gasteiger partial charge in [-0.3, -0.25) is 4.99 Å². The summed E-state index contributed by atoms with van der Waals surface area (Å²) in [6.07, 6.45) is 2.43. The average Bonchev–Trinajstić information content (AvgIpc) is 2.96. The Morgan fingerprint density at radius 3 is 2.67 bits per heavy atom. The highest BCUT2D eigenvalue weighted by Crippen LogP contribution is 2.33. The molecule has 24 heavy (non-hydrogen) atoms. The molecular formula is C18H26FN3O2. The Bertz CT molecular complexity index is 635. The molecule has 2 aliphatic heterocycles. The zero-order valence-electron chi connectivity index (χ0n) is 14.8. The molecule has 0 aromatic heterocycles. The number of aliphatic imine (C=N–C) groups is 1. The molecule has 3 atom stereocenters. The van der Waals surface area contributed by atoms with Crippen LogP contribution in [0.2, 0.25) is 0 Å². The van der Waals surface area contributed by atoms with Gasteiger partial charge in [0.1, 0.15) is 5.82 Å². The second-order valence-corrected chi connectivity index (χ2v) is 6.75. The second-order valence-electron chi connectivity index (χ2n) is 6.75. The third-order valence-corrected chi connectivity index (χ3v) is 4.98. The first-order chi connectivity index (χ1) is 11.5. The van der Waals surface area contributed by atoms with Crippen molar-refractivity contribution in [2.45, 2.75) is 38.8 Å². The van der Waals surface area contributed by atoms with Gasteiger partial charge in [-0.05, 0) is 31.7 Å². The minimum absolute atomic E-state index is 0.209. The van der Waals surface area contributed by atoms with Gasteiger partial charge in [-0.2, -0.15) is 0 Å². The zero-order chi connectivity index (χ0) is 17.3. The van der Waals surface area contributed by atoms with Gasteiger partial charge in [-0.15, -0.1) is 0 Å². The van der Waals surface area contributed by atoms with Gasteiger partial charge < -0.3 is 19.7 Å². The van der Waals surface area contributed by atoms with E-state index < -0.39 is 0 Å². The van der Waals surface area contributed by atoms with E-state index in [-0.39, 0.29) is 11.9 Å². The molecule has 0 radical (unpaired) electrons. The number of guanidine groups is 1. The molecule has 3 rings (SSSR count). The van der Waals surface area contributed by atoms with Crippen molar-refractivity contribution in [2.75, 3.05) is 27.3 Å². The Hall–Kier alpha value is -1.98. The van der Waals surface area contributed by atoms with E-state index in [0.29, 0.717) is 29.0 Å². The third-order valence-electron chi connectivity index (χ3n) is 4.98. The molecule has 0 amide bonds. The molecule has 5 nitrogen and oxygen atoms in total. The number of nitrogens with zero attached hydrogens (tertiary/aromatic N) is 2. The van der Waals surface area contributed by atoms with Crippen LogP contribution in [0, 0.1) is 11.7 Å². The largest absolute Gasteiger partial charge is 0.493 e. The van der Waals surface area contributed by atoms with Crippen molar-refractivity contribution >= 4 is 5.96 Å². The fraction of sp³-hybridized carbons (Fsp3) is 0.611. The standard InChI is InChI=1S/C18H26FN3O2/c1-11-5-6-13-9-20-18(22(13)10-11)21-12(2)14-7-16(23-3)17(24-4)8-15(14)19/h7-8,11-13H,5-6,9-10H2,1-4H3,(H,20,21). The number of rotatable bonds is 4. The SMILES string of the molecule is COc1cc(F)c(C(C)NC2=NCC3CCC(C)CN23)cc1OC. The lowest BCUT2D eigenvalue weighted by atomic mass is 9.95. The molecule has 0 aliphatic carbocycles. The minimum atomic E-state index is -0.310. The number of hydrogen-bond donors (Lipinski definition) is 1. The molecule has 2 heterocycles. The number of fused-ring (bicyclic) bond motifs is 1. The molecule has 6 heteroatoms. The Kier molecular flexibility index (Phi) is 4.83. The van der Waals surface area contributed by atoms with E-state index in [1.807, 2.05) is 6.92 Å². The summed E-state index contributed by atoms with van der Waals surface area (Å²) in [7, 11) is 3.06. The summed E-state index contributed by atoms with van der Waals surface area (Å²) in [5, 5.41) is 3.38. The predicted molar refractivity (Wildman–Crippen MR) is 92.2 cm³/mol. The molecule has 1 aromatic carbocycles. The smallest absolute Gasteiger partial charge is 0.194 e. The fourth-order valence-electron chi connectivity index (χ4n) is 3.54. The summed E-state index contributed by atoms with van der Waals surface area (Å²) in [4.78, 5) is 6.98. The number of benzene rings is 1. The van der Waals surface area contributed by atoms with Crippen LogP contribution in [0.3, 0.4) is 0 Å². The van der Waals surface area contributed by atoms with Gasteiger partial charge in [0.15, 0.2) is 17.5 Å². The maximum Gasteiger partial charge on any atom is 0.194 e. The van der Waals surface area contributed by atoms with Gasteiger partial charge >= 0.3 is 0 Å². The van der Waals surface area contributed by atoms with Crippen molar-refractivity contribution in [2.24, 2.45) is 10.9 Å². The third kappa shape index (κ3) is 3.14. The quantitative estimate of drug-likeness (QED) is 0.919. The van der Waals surface area contributed by atoms with Crippen LogP contribution in [0.5, 0.6) is 11.5 Å². The average molecular weight is 335 g/mol. The summed E-state index contributed by atoms with van der Waals surface area (Å²) < 4.78 is 24.9. The van der Waals surface area contributed by atoms with E-state index in [1.165, 1.54) is 26.0 Å². The minimum Gasteiger partial charge on any atom is -0.493 e. The molecule has 1 aromatic rings. The predicted octanol–water partition coefficient (Wildman–Crippen LogP) is 2.96. The molecule has 1 fully saturated rings. The van der Waals surface area contributed by atoms with Crippen molar-refractivity contribution in [1.82, 2.24) is 10.2 Å². The molecule has 0 bridgehead atoms.